The molecule has 0 radical (unpaired) electrons. The van der Waals surface area contributed by atoms with Crippen molar-refractivity contribution in [3.8, 4) is 0 Å². The molecule has 4 rings (SSSR count). The maximum absolute atomic E-state index is 12.5. The van der Waals surface area contributed by atoms with E-state index >= 15 is 0 Å². The lowest BCUT2D eigenvalue weighted by Gasteiger charge is -2.12. The fraction of sp³-hybridized carbons (Fsp3) is 0.136. The Morgan fingerprint density at radius 3 is 2.57 bits per heavy atom. The maximum atomic E-state index is 12.5. The van der Waals surface area contributed by atoms with Gasteiger partial charge in [0.1, 0.15) is 0 Å². The minimum atomic E-state index is -0.262. The number of nitrogens with zero attached hydrogens (tertiary/aromatic N) is 2. The molecule has 2 N–H and O–H groups in total. The van der Waals surface area contributed by atoms with Crippen LogP contribution in [0.3, 0.4) is 0 Å². The number of rotatable bonds is 5. The van der Waals surface area contributed by atoms with E-state index in [0.717, 1.165) is 21.9 Å². The van der Waals surface area contributed by atoms with Gasteiger partial charge in [-0.1, -0.05) is 65.8 Å². The summed E-state index contributed by atoms with van der Waals surface area (Å²) in [7, 11) is 0. The molecular weight excluding hydrogens is 352 g/mol. The van der Waals surface area contributed by atoms with Gasteiger partial charge in [0.05, 0.1) is 6.42 Å². The van der Waals surface area contributed by atoms with Crippen LogP contribution in [-0.2, 0) is 13.0 Å². The van der Waals surface area contributed by atoms with E-state index in [2.05, 4.69) is 39.0 Å². The molecule has 4 aromatic rings. The summed E-state index contributed by atoms with van der Waals surface area (Å²) >= 11 is 0. The largest absolute Gasteiger partial charge is 0.339 e. The average Bonchev–Trinajstić information content (AvgIpc) is 3.12. The lowest BCUT2D eigenvalue weighted by Crippen LogP contribution is -2.28. The van der Waals surface area contributed by atoms with Crippen LogP contribution in [0.2, 0.25) is 0 Å². The van der Waals surface area contributed by atoms with Crippen molar-refractivity contribution >= 4 is 22.5 Å². The lowest BCUT2D eigenvalue weighted by molar-refractivity contribution is 0.251. The molecule has 6 heteroatoms. The highest BCUT2D eigenvalue weighted by Gasteiger charge is 2.11. The van der Waals surface area contributed by atoms with Crippen LogP contribution in [0.15, 0.2) is 71.3 Å². The van der Waals surface area contributed by atoms with Crippen LogP contribution < -0.4 is 10.6 Å². The number of nitrogens with one attached hydrogen (secondary N) is 2. The van der Waals surface area contributed by atoms with E-state index in [1.807, 2.05) is 48.5 Å². The van der Waals surface area contributed by atoms with E-state index in [9.17, 15) is 4.79 Å². The molecular formula is C22H20N4O2. The fourth-order valence-electron chi connectivity index (χ4n) is 3.16. The van der Waals surface area contributed by atoms with Gasteiger partial charge in [0.25, 0.3) is 0 Å². The molecule has 0 aliphatic heterocycles. The van der Waals surface area contributed by atoms with Crippen molar-refractivity contribution in [1.29, 1.82) is 0 Å². The molecule has 140 valence electrons. The smallest absolute Gasteiger partial charge is 0.319 e. The zero-order valence-corrected chi connectivity index (χ0v) is 15.5. The molecule has 0 fully saturated rings. The fourth-order valence-corrected chi connectivity index (χ4v) is 3.16. The van der Waals surface area contributed by atoms with Crippen LogP contribution in [0.4, 0.5) is 10.5 Å². The zero-order chi connectivity index (χ0) is 19.3. The van der Waals surface area contributed by atoms with Gasteiger partial charge < -0.3 is 15.2 Å². The van der Waals surface area contributed by atoms with Crippen molar-refractivity contribution in [1.82, 2.24) is 15.5 Å². The van der Waals surface area contributed by atoms with Gasteiger partial charge >= 0.3 is 6.03 Å². The Kier molecular flexibility index (Phi) is 5.01. The summed E-state index contributed by atoms with van der Waals surface area (Å²) < 4.78 is 5.18. The topological polar surface area (TPSA) is 80.0 Å². The number of aromatic nitrogens is 2. The molecule has 0 spiro atoms. The number of benzene rings is 3. The molecule has 3 aromatic carbocycles. The summed E-state index contributed by atoms with van der Waals surface area (Å²) in [6.45, 7) is 2.22. The first-order valence-electron chi connectivity index (χ1n) is 9.07. The number of hydrogen-bond acceptors (Lipinski definition) is 4. The summed E-state index contributed by atoms with van der Waals surface area (Å²) in [5.41, 5.74) is 2.70. The van der Waals surface area contributed by atoms with Gasteiger partial charge in [-0.15, -0.1) is 0 Å². The number of para-hydroxylation sites is 1. The second-order valence-corrected chi connectivity index (χ2v) is 6.52. The van der Waals surface area contributed by atoms with Crippen LogP contribution in [-0.4, -0.2) is 16.2 Å². The Bertz CT molecular complexity index is 1110. The first-order chi connectivity index (χ1) is 13.7. The minimum Gasteiger partial charge on any atom is -0.339 e. The van der Waals surface area contributed by atoms with Crippen molar-refractivity contribution in [2.45, 2.75) is 19.9 Å². The number of carbonyl (C=O) groups excluding carboxylic acids is 1. The number of hydrogen-bond donors (Lipinski definition) is 2. The highest BCUT2D eigenvalue weighted by Crippen LogP contribution is 2.20. The Morgan fingerprint density at radius 2 is 1.71 bits per heavy atom. The third-order valence-electron chi connectivity index (χ3n) is 4.50. The van der Waals surface area contributed by atoms with Crippen LogP contribution in [0.25, 0.3) is 10.8 Å². The first kappa shape index (κ1) is 17.7. The molecule has 6 nitrogen and oxygen atoms in total. The second-order valence-electron chi connectivity index (χ2n) is 6.52. The zero-order valence-electron chi connectivity index (χ0n) is 15.5. The van der Waals surface area contributed by atoms with Crippen molar-refractivity contribution in [2.24, 2.45) is 0 Å². The highest BCUT2D eigenvalue weighted by molar-refractivity contribution is 5.91. The third-order valence-corrected chi connectivity index (χ3v) is 4.50. The normalized spacial score (nSPS) is 10.8. The van der Waals surface area contributed by atoms with Gasteiger partial charge in [0.2, 0.25) is 5.89 Å². The van der Waals surface area contributed by atoms with Gasteiger partial charge in [0, 0.05) is 12.2 Å². The van der Waals surface area contributed by atoms with Gasteiger partial charge in [-0.3, -0.25) is 0 Å². The summed E-state index contributed by atoms with van der Waals surface area (Å²) in [4.78, 5) is 16.7. The summed E-state index contributed by atoms with van der Waals surface area (Å²) in [5, 5.41) is 11.9. The average molecular weight is 372 g/mol. The Morgan fingerprint density at radius 1 is 0.964 bits per heavy atom. The molecule has 1 aromatic heterocycles. The monoisotopic (exact) mass is 372 g/mol. The van der Waals surface area contributed by atoms with Crippen LogP contribution in [0.5, 0.6) is 0 Å². The van der Waals surface area contributed by atoms with Crippen LogP contribution in [0, 0.1) is 6.92 Å². The Hall–Kier alpha value is -3.67. The number of carbonyl (C=O) groups is 1. The second kappa shape index (κ2) is 7.92. The number of amides is 2. The number of urea groups is 1. The minimum absolute atomic E-state index is 0.262. The molecule has 1 heterocycles. The quantitative estimate of drug-likeness (QED) is 0.543. The van der Waals surface area contributed by atoms with Crippen molar-refractivity contribution in [3.05, 3.63) is 89.6 Å². The van der Waals surface area contributed by atoms with E-state index in [0.29, 0.717) is 30.4 Å². The Labute approximate surface area is 162 Å². The molecule has 0 unspecified atom stereocenters. The van der Waals surface area contributed by atoms with Crippen molar-refractivity contribution in [3.63, 3.8) is 0 Å². The van der Waals surface area contributed by atoms with E-state index in [1.54, 1.807) is 6.92 Å². The van der Waals surface area contributed by atoms with E-state index in [-0.39, 0.29) is 6.03 Å². The van der Waals surface area contributed by atoms with E-state index in [4.69, 9.17) is 4.52 Å². The van der Waals surface area contributed by atoms with E-state index in [1.165, 1.54) is 0 Å². The molecule has 0 saturated heterocycles. The molecule has 0 aliphatic carbocycles. The molecule has 0 atom stereocenters. The summed E-state index contributed by atoms with van der Waals surface area (Å²) in [6.07, 6.45) is 0.459. The van der Waals surface area contributed by atoms with Crippen molar-refractivity contribution < 1.29 is 9.32 Å². The van der Waals surface area contributed by atoms with Gasteiger partial charge in [-0.25, -0.2) is 4.79 Å². The standard InChI is InChI=1S/C22H20N4O2/c1-15-24-21(28-26-15)13-17-8-3-5-12-20(17)25-22(27)23-14-18-10-6-9-16-7-2-4-11-19(16)18/h2-12H,13-14H2,1H3,(H2,23,25,27). The third kappa shape index (κ3) is 4.01. The van der Waals surface area contributed by atoms with Crippen molar-refractivity contribution in [2.75, 3.05) is 5.32 Å². The molecule has 0 saturated carbocycles. The number of aryl methyl sites for hydroxylation is 1. The predicted molar refractivity (Wildman–Crippen MR) is 108 cm³/mol. The van der Waals surface area contributed by atoms with Crippen LogP contribution in [0.1, 0.15) is 22.8 Å². The van der Waals surface area contributed by atoms with Gasteiger partial charge in [-0.05, 0) is 34.9 Å². The molecule has 0 aliphatic rings. The first-order valence-corrected chi connectivity index (χ1v) is 9.07. The summed E-state index contributed by atoms with van der Waals surface area (Å²) in [5.74, 6) is 1.11. The SMILES string of the molecule is Cc1noc(Cc2ccccc2NC(=O)NCc2cccc3ccccc23)n1. The predicted octanol–water partition coefficient (Wildman–Crippen LogP) is 4.44. The molecule has 0 bridgehead atoms. The Balaban J connectivity index is 1.44. The lowest BCUT2D eigenvalue weighted by atomic mass is 10.0. The van der Waals surface area contributed by atoms with Crippen LogP contribution >= 0.6 is 0 Å². The van der Waals surface area contributed by atoms with Gasteiger partial charge in [0.15, 0.2) is 5.82 Å². The number of fused-ring (bicyclic) bond motifs is 1. The highest BCUT2D eigenvalue weighted by atomic mass is 16.5. The van der Waals surface area contributed by atoms with Gasteiger partial charge in [-0.2, -0.15) is 4.98 Å². The summed E-state index contributed by atoms with van der Waals surface area (Å²) in [6, 6.07) is 21.5. The molecule has 2 amide bonds. The molecule has 28 heavy (non-hydrogen) atoms. The maximum Gasteiger partial charge on any atom is 0.319 e. The number of anilines is 1. The van der Waals surface area contributed by atoms with E-state index < -0.39 is 0 Å².